The van der Waals surface area contributed by atoms with E-state index in [0.29, 0.717) is 18.0 Å². The van der Waals surface area contributed by atoms with Gasteiger partial charge in [-0.15, -0.1) is 0 Å². The number of benzene rings is 1. The summed E-state index contributed by atoms with van der Waals surface area (Å²) in [6.07, 6.45) is 0. The summed E-state index contributed by atoms with van der Waals surface area (Å²) in [5.41, 5.74) is 5.21. The molecule has 0 saturated carbocycles. The Kier molecular flexibility index (Phi) is 3.99. The molecule has 0 aliphatic rings. The molecule has 0 spiro atoms. The molecule has 0 saturated heterocycles. The third-order valence-corrected chi connectivity index (χ3v) is 2.65. The molecule has 0 aromatic heterocycles. The Hall–Kier alpha value is -0.740. The number of hydrogen-bond donors (Lipinski definition) is 1. The molecule has 0 heterocycles. The quantitative estimate of drug-likeness (QED) is 0.917. The van der Waals surface area contributed by atoms with E-state index >= 15 is 0 Å². The van der Waals surface area contributed by atoms with Crippen LogP contribution in [0.3, 0.4) is 0 Å². The number of para-hydroxylation sites is 1. The number of nitrogens with two attached hydrogens (primary N) is 1. The molecule has 2 N–H and O–H groups in total. The minimum Gasteiger partial charge on any atom is -0.493 e. The maximum Gasteiger partial charge on any atom is 0.176 e. The number of methoxy groups -OCH3 is 1. The second kappa shape index (κ2) is 4.86. The lowest BCUT2D eigenvalue weighted by atomic mass is 10.1. The fourth-order valence-electron chi connectivity index (χ4n) is 1.07. The first-order valence-corrected chi connectivity index (χ1v) is 5.51. The van der Waals surface area contributed by atoms with E-state index < -0.39 is 5.60 Å². The fourth-order valence-corrected chi connectivity index (χ4v) is 1.50. The monoisotopic (exact) mass is 273 g/mol. The number of hydrogen-bond acceptors (Lipinski definition) is 3. The first kappa shape index (κ1) is 12.3. The van der Waals surface area contributed by atoms with Crippen molar-refractivity contribution in [2.24, 2.45) is 5.73 Å². The zero-order chi connectivity index (χ0) is 11.5. The van der Waals surface area contributed by atoms with Crippen LogP contribution in [0.15, 0.2) is 22.7 Å². The minimum atomic E-state index is -0.406. The van der Waals surface area contributed by atoms with Gasteiger partial charge in [-0.3, -0.25) is 0 Å². The van der Waals surface area contributed by atoms with Crippen molar-refractivity contribution in [1.82, 2.24) is 0 Å². The van der Waals surface area contributed by atoms with Crippen molar-refractivity contribution < 1.29 is 9.47 Å². The highest BCUT2D eigenvalue weighted by atomic mass is 79.9. The highest BCUT2D eigenvalue weighted by molar-refractivity contribution is 9.10. The molecule has 0 radical (unpaired) electrons. The zero-order valence-electron chi connectivity index (χ0n) is 9.21. The molecule has 0 unspecified atom stereocenters. The van der Waals surface area contributed by atoms with E-state index in [1.54, 1.807) is 7.11 Å². The number of halogens is 1. The predicted molar refractivity (Wildman–Crippen MR) is 64.5 cm³/mol. The van der Waals surface area contributed by atoms with Crippen LogP contribution in [-0.2, 0) is 0 Å². The molecule has 0 amide bonds. The van der Waals surface area contributed by atoms with Crippen LogP contribution in [0, 0.1) is 0 Å². The Morgan fingerprint density at radius 2 is 2.07 bits per heavy atom. The van der Waals surface area contributed by atoms with Crippen LogP contribution in [0.25, 0.3) is 0 Å². The summed E-state index contributed by atoms with van der Waals surface area (Å²) in [4.78, 5) is 0. The third kappa shape index (κ3) is 3.11. The smallest absolute Gasteiger partial charge is 0.176 e. The van der Waals surface area contributed by atoms with E-state index in [2.05, 4.69) is 15.9 Å². The summed E-state index contributed by atoms with van der Waals surface area (Å²) in [6, 6.07) is 5.66. The van der Waals surface area contributed by atoms with Crippen LogP contribution in [-0.4, -0.2) is 19.3 Å². The van der Waals surface area contributed by atoms with Gasteiger partial charge < -0.3 is 15.2 Å². The molecule has 84 valence electrons. The van der Waals surface area contributed by atoms with Gasteiger partial charge in [0.2, 0.25) is 0 Å². The average Bonchev–Trinajstić information content (AvgIpc) is 2.21. The number of rotatable bonds is 4. The van der Waals surface area contributed by atoms with Crippen molar-refractivity contribution in [1.29, 1.82) is 0 Å². The summed E-state index contributed by atoms with van der Waals surface area (Å²) < 4.78 is 11.9. The van der Waals surface area contributed by atoms with Gasteiger partial charge in [-0.25, -0.2) is 0 Å². The largest absolute Gasteiger partial charge is 0.493 e. The van der Waals surface area contributed by atoms with Gasteiger partial charge in [0, 0.05) is 6.54 Å². The molecule has 0 aliphatic carbocycles. The van der Waals surface area contributed by atoms with Crippen molar-refractivity contribution >= 4 is 15.9 Å². The highest BCUT2D eigenvalue weighted by Gasteiger charge is 2.21. The van der Waals surface area contributed by atoms with E-state index in [1.807, 2.05) is 32.0 Å². The first-order chi connectivity index (χ1) is 7.00. The lowest BCUT2D eigenvalue weighted by molar-refractivity contribution is 0.113. The summed E-state index contributed by atoms with van der Waals surface area (Å²) >= 11 is 3.42. The first-order valence-electron chi connectivity index (χ1n) is 4.72. The molecule has 0 atom stereocenters. The normalized spacial score (nSPS) is 11.3. The molecule has 0 aliphatic heterocycles. The Labute approximate surface area is 98.7 Å². The predicted octanol–water partition coefficient (Wildman–Crippen LogP) is 2.57. The lowest BCUT2D eigenvalue weighted by Crippen LogP contribution is -2.37. The van der Waals surface area contributed by atoms with Gasteiger partial charge in [-0.2, -0.15) is 0 Å². The molecular weight excluding hydrogens is 258 g/mol. The van der Waals surface area contributed by atoms with E-state index in [4.69, 9.17) is 15.2 Å². The van der Waals surface area contributed by atoms with Crippen LogP contribution >= 0.6 is 15.9 Å². The third-order valence-electron chi connectivity index (χ3n) is 2.02. The summed E-state index contributed by atoms with van der Waals surface area (Å²) in [5.74, 6) is 1.39. The second-order valence-corrected chi connectivity index (χ2v) is 4.69. The molecule has 0 fully saturated rings. The van der Waals surface area contributed by atoms with Gasteiger partial charge >= 0.3 is 0 Å². The zero-order valence-corrected chi connectivity index (χ0v) is 10.8. The highest BCUT2D eigenvalue weighted by Crippen LogP contribution is 2.36. The Morgan fingerprint density at radius 1 is 1.40 bits per heavy atom. The van der Waals surface area contributed by atoms with E-state index in [1.165, 1.54) is 0 Å². The molecule has 15 heavy (non-hydrogen) atoms. The van der Waals surface area contributed by atoms with Gasteiger partial charge in [-0.05, 0) is 41.9 Å². The second-order valence-electron chi connectivity index (χ2n) is 3.84. The molecule has 1 rings (SSSR count). The maximum absolute atomic E-state index is 5.81. The Balaban J connectivity index is 3.02. The SMILES string of the molecule is COc1cccc(Br)c1OC(C)(C)CN. The Bertz CT molecular complexity index is 339. The number of ether oxygens (including phenoxy) is 2. The molecular formula is C11H16BrNO2. The Morgan fingerprint density at radius 3 is 2.60 bits per heavy atom. The van der Waals surface area contributed by atoms with Gasteiger partial charge in [0.1, 0.15) is 5.60 Å². The van der Waals surface area contributed by atoms with Gasteiger partial charge in [-0.1, -0.05) is 6.07 Å². The van der Waals surface area contributed by atoms with Crippen molar-refractivity contribution in [2.75, 3.05) is 13.7 Å². The van der Waals surface area contributed by atoms with E-state index in [0.717, 1.165) is 4.47 Å². The van der Waals surface area contributed by atoms with E-state index in [-0.39, 0.29) is 0 Å². The minimum absolute atomic E-state index is 0.406. The lowest BCUT2D eigenvalue weighted by Gasteiger charge is -2.26. The maximum atomic E-state index is 5.81. The topological polar surface area (TPSA) is 44.5 Å². The van der Waals surface area contributed by atoms with Crippen LogP contribution < -0.4 is 15.2 Å². The summed E-state index contributed by atoms with van der Waals surface area (Å²) in [6.45, 7) is 4.31. The van der Waals surface area contributed by atoms with Crippen LogP contribution in [0.4, 0.5) is 0 Å². The van der Waals surface area contributed by atoms with Crippen LogP contribution in [0.2, 0.25) is 0 Å². The molecule has 1 aromatic carbocycles. The molecule has 4 heteroatoms. The van der Waals surface area contributed by atoms with Crippen molar-refractivity contribution in [3.63, 3.8) is 0 Å². The fraction of sp³-hybridized carbons (Fsp3) is 0.455. The van der Waals surface area contributed by atoms with Crippen molar-refractivity contribution in [3.05, 3.63) is 22.7 Å². The summed E-state index contributed by atoms with van der Waals surface area (Å²) in [7, 11) is 1.62. The van der Waals surface area contributed by atoms with Gasteiger partial charge in [0.05, 0.1) is 11.6 Å². The molecule has 0 bridgehead atoms. The van der Waals surface area contributed by atoms with E-state index in [9.17, 15) is 0 Å². The average molecular weight is 274 g/mol. The van der Waals surface area contributed by atoms with Gasteiger partial charge in [0.15, 0.2) is 11.5 Å². The van der Waals surface area contributed by atoms with Gasteiger partial charge in [0.25, 0.3) is 0 Å². The molecule has 3 nitrogen and oxygen atoms in total. The van der Waals surface area contributed by atoms with Crippen LogP contribution in [0.1, 0.15) is 13.8 Å². The van der Waals surface area contributed by atoms with Crippen molar-refractivity contribution in [2.45, 2.75) is 19.4 Å². The van der Waals surface area contributed by atoms with Crippen molar-refractivity contribution in [3.8, 4) is 11.5 Å². The molecule has 1 aromatic rings. The summed E-state index contributed by atoms with van der Waals surface area (Å²) in [5, 5.41) is 0. The van der Waals surface area contributed by atoms with Crippen LogP contribution in [0.5, 0.6) is 11.5 Å². The standard InChI is InChI=1S/C11H16BrNO2/c1-11(2,7-13)15-10-8(12)5-4-6-9(10)14-3/h4-6H,7,13H2,1-3H3.